The van der Waals surface area contributed by atoms with E-state index < -0.39 is 5.97 Å². The number of unbranched alkanes of at least 4 members (excludes halogenated alkanes) is 1. The highest BCUT2D eigenvalue weighted by Crippen LogP contribution is 2.23. The Bertz CT molecular complexity index is 474. The van der Waals surface area contributed by atoms with E-state index in [-0.39, 0.29) is 6.42 Å². The number of thioether (sulfide) groups is 1. The lowest BCUT2D eigenvalue weighted by atomic mass is 10.2. The number of nitrogens with one attached hydrogen (secondary N) is 1. The molecule has 0 saturated heterocycles. The minimum absolute atomic E-state index is 0.271. The van der Waals surface area contributed by atoms with Crippen LogP contribution < -0.4 is 0 Å². The van der Waals surface area contributed by atoms with Gasteiger partial charge in [0.05, 0.1) is 5.03 Å². The molecule has 0 unspecified atom stereocenters. The number of carboxylic acids is 1. The number of H-pyrrole nitrogens is 1. The summed E-state index contributed by atoms with van der Waals surface area (Å²) in [7, 11) is 0. The molecular formula is C13H15NO2S. The fourth-order valence-corrected chi connectivity index (χ4v) is 2.65. The molecule has 0 saturated carbocycles. The molecule has 0 bridgehead atoms. The van der Waals surface area contributed by atoms with Gasteiger partial charge in [0.1, 0.15) is 0 Å². The van der Waals surface area contributed by atoms with Crippen molar-refractivity contribution in [2.75, 3.05) is 5.75 Å². The van der Waals surface area contributed by atoms with Crippen molar-refractivity contribution >= 4 is 28.6 Å². The van der Waals surface area contributed by atoms with E-state index >= 15 is 0 Å². The van der Waals surface area contributed by atoms with E-state index in [2.05, 4.69) is 23.2 Å². The molecule has 2 N–H and O–H groups in total. The van der Waals surface area contributed by atoms with Crippen LogP contribution in [0.15, 0.2) is 35.4 Å². The Morgan fingerprint density at radius 1 is 1.29 bits per heavy atom. The number of carboxylic acid groups (broad SMARTS) is 1. The zero-order valence-electron chi connectivity index (χ0n) is 9.48. The lowest BCUT2D eigenvalue weighted by Crippen LogP contribution is -1.94. The van der Waals surface area contributed by atoms with E-state index in [4.69, 9.17) is 5.11 Å². The summed E-state index contributed by atoms with van der Waals surface area (Å²) in [6.45, 7) is 0. The molecule has 0 aliphatic heterocycles. The molecule has 1 heterocycles. The van der Waals surface area contributed by atoms with E-state index in [1.54, 1.807) is 11.8 Å². The molecule has 0 aliphatic carbocycles. The number of fused-ring (bicyclic) bond motifs is 1. The van der Waals surface area contributed by atoms with Crippen LogP contribution in [0.4, 0.5) is 0 Å². The van der Waals surface area contributed by atoms with Crippen LogP contribution in [0.25, 0.3) is 10.9 Å². The van der Waals surface area contributed by atoms with Gasteiger partial charge in [-0.05, 0) is 30.7 Å². The molecule has 4 heteroatoms. The van der Waals surface area contributed by atoms with Crippen molar-refractivity contribution in [3.63, 3.8) is 0 Å². The fourth-order valence-electron chi connectivity index (χ4n) is 1.68. The molecule has 17 heavy (non-hydrogen) atoms. The van der Waals surface area contributed by atoms with Gasteiger partial charge in [-0.15, -0.1) is 11.8 Å². The van der Waals surface area contributed by atoms with Crippen LogP contribution in [0.5, 0.6) is 0 Å². The summed E-state index contributed by atoms with van der Waals surface area (Å²) in [5, 5.41) is 10.9. The van der Waals surface area contributed by atoms with E-state index in [1.807, 2.05) is 12.1 Å². The third-order valence-corrected chi connectivity index (χ3v) is 3.57. The predicted octanol–water partition coefficient (Wildman–Crippen LogP) is 3.51. The first-order valence-electron chi connectivity index (χ1n) is 5.68. The molecule has 3 nitrogen and oxygen atoms in total. The zero-order valence-corrected chi connectivity index (χ0v) is 10.3. The van der Waals surface area contributed by atoms with Crippen LogP contribution in [0.2, 0.25) is 0 Å². The van der Waals surface area contributed by atoms with Gasteiger partial charge < -0.3 is 10.1 Å². The van der Waals surface area contributed by atoms with Crippen LogP contribution in [0, 0.1) is 0 Å². The second-order valence-electron chi connectivity index (χ2n) is 3.92. The molecule has 2 rings (SSSR count). The molecule has 0 radical (unpaired) electrons. The fraction of sp³-hybridized carbons (Fsp3) is 0.308. The molecule has 0 amide bonds. The molecule has 2 aromatic rings. The molecule has 0 spiro atoms. The number of carbonyl (C=O) groups is 1. The van der Waals surface area contributed by atoms with Crippen molar-refractivity contribution < 1.29 is 9.90 Å². The van der Waals surface area contributed by atoms with Crippen LogP contribution in [0.1, 0.15) is 19.3 Å². The zero-order chi connectivity index (χ0) is 12.1. The van der Waals surface area contributed by atoms with Gasteiger partial charge in [-0.2, -0.15) is 0 Å². The summed E-state index contributed by atoms with van der Waals surface area (Å²) in [4.78, 5) is 13.7. The van der Waals surface area contributed by atoms with Crippen molar-refractivity contribution in [2.45, 2.75) is 24.3 Å². The van der Waals surface area contributed by atoms with Crippen LogP contribution in [-0.4, -0.2) is 21.8 Å². The van der Waals surface area contributed by atoms with E-state index in [0.29, 0.717) is 0 Å². The minimum atomic E-state index is -0.708. The number of para-hydroxylation sites is 1. The van der Waals surface area contributed by atoms with Gasteiger partial charge in [0.15, 0.2) is 0 Å². The van der Waals surface area contributed by atoms with E-state index in [0.717, 1.165) is 29.1 Å². The summed E-state index contributed by atoms with van der Waals surface area (Å²) in [6, 6.07) is 10.3. The predicted molar refractivity (Wildman–Crippen MR) is 70.5 cm³/mol. The largest absolute Gasteiger partial charge is 0.481 e. The van der Waals surface area contributed by atoms with Crippen molar-refractivity contribution in [1.29, 1.82) is 0 Å². The number of aromatic nitrogens is 1. The van der Waals surface area contributed by atoms with Crippen molar-refractivity contribution in [1.82, 2.24) is 4.98 Å². The smallest absolute Gasteiger partial charge is 0.303 e. The lowest BCUT2D eigenvalue weighted by Gasteiger charge is -1.97. The van der Waals surface area contributed by atoms with Crippen LogP contribution in [0.3, 0.4) is 0 Å². The first-order chi connectivity index (χ1) is 8.25. The van der Waals surface area contributed by atoms with Crippen molar-refractivity contribution in [3.8, 4) is 0 Å². The Kier molecular flexibility index (Phi) is 4.09. The summed E-state index contributed by atoms with van der Waals surface area (Å²) < 4.78 is 0. The van der Waals surface area contributed by atoms with E-state index in [1.165, 1.54) is 5.39 Å². The summed E-state index contributed by atoms with van der Waals surface area (Å²) in [6.07, 6.45) is 1.96. The summed E-state index contributed by atoms with van der Waals surface area (Å²) >= 11 is 1.75. The highest BCUT2D eigenvalue weighted by atomic mass is 32.2. The van der Waals surface area contributed by atoms with Gasteiger partial charge in [-0.1, -0.05) is 18.2 Å². The van der Waals surface area contributed by atoms with Crippen LogP contribution in [-0.2, 0) is 4.79 Å². The molecular weight excluding hydrogens is 234 g/mol. The monoisotopic (exact) mass is 249 g/mol. The van der Waals surface area contributed by atoms with Gasteiger partial charge in [0.25, 0.3) is 0 Å². The van der Waals surface area contributed by atoms with Gasteiger partial charge in [0.2, 0.25) is 0 Å². The first-order valence-corrected chi connectivity index (χ1v) is 6.66. The molecule has 90 valence electrons. The quantitative estimate of drug-likeness (QED) is 0.608. The third-order valence-electron chi connectivity index (χ3n) is 2.55. The maximum Gasteiger partial charge on any atom is 0.303 e. The Hall–Kier alpha value is -1.42. The molecule has 0 aliphatic rings. The number of hydrogen-bond donors (Lipinski definition) is 2. The summed E-state index contributed by atoms with van der Waals surface area (Å²) in [5.41, 5.74) is 1.15. The Morgan fingerprint density at radius 3 is 2.88 bits per heavy atom. The molecule has 0 atom stereocenters. The standard InChI is InChI=1S/C13H15NO2S/c15-13(16)7-3-4-8-17-12-9-10-5-1-2-6-11(10)14-12/h1-2,5-6,9,14H,3-4,7-8H2,(H,15,16). The molecule has 1 aromatic carbocycles. The number of hydrogen-bond acceptors (Lipinski definition) is 2. The lowest BCUT2D eigenvalue weighted by molar-refractivity contribution is -0.137. The van der Waals surface area contributed by atoms with Gasteiger partial charge >= 0.3 is 5.97 Å². The Balaban J connectivity index is 1.81. The normalized spacial score (nSPS) is 10.8. The number of aromatic amines is 1. The number of rotatable bonds is 6. The Labute approximate surface area is 104 Å². The van der Waals surface area contributed by atoms with Crippen LogP contribution >= 0.6 is 11.8 Å². The average Bonchev–Trinajstić information content (AvgIpc) is 2.70. The minimum Gasteiger partial charge on any atom is -0.481 e. The highest BCUT2D eigenvalue weighted by molar-refractivity contribution is 7.99. The summed E-state index contributed by atoms with van der Waals surface area (Å²) in [5.74, 6) is 0.251. The highest BCUT2D eigenvalue weighted by Gasteiger charge is 2.01. The maximum atomic E-state index is 10.3. The van der Waals surface area contributed by atoms with Gasteiger partial charge in [-0.3, -0.25) is 4.79 Å². The van der Waals surface area contributed by atoms with Gasteiger partial charge in [-0.25, -0.2) is 0 Å². The maximum absolute atomic E-state index is 10.3. The first kappa shape index (κ1) is 12.0. The topological polar surface area (TPSA) is 53.1 Å². The molecule has 0 fully saturated rings. The Morgan fingerprint density at radius 2 is 2.12 bits per heavy atom. The second kappa shape index (κ2) is 5.77. The van der Waals surface area contributed by atoms with Crippen molar-refractivity contribution in [2.24, 2.45) is 0 Å². The SMILES string of the molecule is O=C(O)CCCCSc1cc2ccccc2[nH]1. The van der Waals surface area contributed by atoms with Gasteiger partial charge in [0, 0.05) is 17.3 Å². The van der Waals surface area contributed by atoms with Crippen molar-refractivity contribution in [3.05, 3.63) is 30.3 Å². The third kappa shape index (κ3) is 3.53. The molecule has 1 aromatic heterocycles. The number of benzene rings is 1. The second-order valence-corrected chi connectivity index (χ2v) is 5.06. The average molecular weight is 249 g/mol. The number of aliphatic carboxylic acids is 1. The van der Waals surface area contributed by atoms with E-state index in [9.17, 15) is 4.79 Å².